The number of thioether (sulfide) groups is 1. The Morgan fingerprint density at radius 3 is 2.50 bits per heavy atom. The summed E-state index contributed by atoms with van der Waals surface area (Å²) in [6, 6.07) is 14.6. The van der Waals surface area contributed by atoms with E-state index < -0.39 is 11.9 Å². The number of nitrogens with zero attached hydrogens (tertiary/aromatic N) is 2. The smallest absolute Gasteiger partial charge is 0.325 e. The summed E-state index contributed by atoms with van der Waals surface area (Å²) < 4.78 is 4.85. The van der Waals surface area contributed by atoms with Crippen molar-refractivity contribution < 1.29 is 19.1 Å². The molecule has 0 N–H and O–H groups in total. The van der Waals surface area contributed by atoms with Crippen molar-refractivity contribution in [2.75, 3.05) is 18.6 Å². The van der Waals surface area contributed by atoms with Gasteiger partial charge in [0.15, 0.2) is 0 Å². The van der Waals surface area contributed by atoms with Crippen LogP contribution in [0.3, 0.4) is 0 Å². The Morgan fingerprint density at radius 2 is 1.77 bits per heavy atom. The summed E-state index contributed by atoms with van der Waals surface area (Å²) in [5.41, 5.74) is 2.41. The minimum absolute atomic E-state index is 0.211. The van der Waals surface area contributed by atoms with Crippen molar-refractivity contribution >= 4 is 68.9 Å². The van der Waals surface area contributed by atoms with E-state index in [4.69, 9.17) is 23.8 Å². The molecule has 2 aromatic carbocycles. The number of methoxy groups -OCH3 is 1. The fraction of sp³-hybridized carbons (Fsp3) is 0.143. The van der Waals surface area contributed by atoms with Crippen LogP contribution in [0.2, 0.25) is 5.02 Å². The fourth-order valence-corrected chi connectivity index (χ4v) is 4.85. The van der Waals surface area contributed by atoms with E-state index in [1.165, 1.54) is 7.11 Å². The SMILES string of the molecule is COC(=O)CN1C(=O)/C(=C2/C(=O)N(Cc3ccccc3Cl)c3ccccc32)SC1=S. The van der Waals surface area contributed by atoms with E-state index in [9.17, 15) is 14.4 Å². The Labute approximate surface area is 187 Å². The lowest BCUT2D eigenvalue weighted by molar-refractivity contribution is -0.143. The number of hydrogen-bond donors (Lipinski definition) is 0. The molecule has 2 aliphatic rings. The van der Waals surface area contributed by atoms with Crippen molar-refractivity contribution in [1.82, 2.24) is 4.90 Å². The molecule has 2 aliphatic heterocycles. The molecule has 2 heterocycles. The molecule has 2 amide bonds. The maximum atomic E-state index is 13.4. The first-order valence-corrected chi connectivity index (χ1v) is 10.5. The molecule has 9 heteroatoms. The molecular formula is C21H15ClN2O4S2. The highest BCUT2D eigenvalue weighted by molar-refractivity contribution is 8.26. The first kappa shape index (κ1) is 20.6. The number of rotatable bonds is 4. The molecule has 0 bridgehead atoms. The van der Waals surface area contributed by atoms with Gasteiger partial charge in [-0.3, -0.25) is 19.3 Å². The van der Waals surface area contributed by atoms with Gasteiger partial charge in [0.25, 0.3) is 11.8 Å². The number of thiocarbonyl (C=S) groups is 1. The van der Waals surface area contributed by atoms with E-state index in [-0.39, 0.29) is 33.8 Å². The van der Waals surface area contributed by atoms with Gasteiger partial charge in [0, 0.05) is 10.6 Å². The average molecular weight is 459 g/mol. The van der Waals surface area contributed by atoms with Crippen molar-refractivity contribution in [3.8, 4) is 0 Å². The van der Waals surface area contributed by atoms with Crippen LogP contribution in [0.15, 0.2) is 53.4 Å². The van der Waals surface area contributed by atoms with Crippen LogP contribution in [-0.2, 0) is 25.7 Å². The van der Waals surface area contributed by atoms with Crippen LogP contribution in [0.25, 0.3) is 5.57 Å². The molecule has 1 saturated heterocycles. The third-order valence-corrected chi connectivity index (χ3v) is 6.62. The number of halogens is 1. The largest absolute Gasteiger partial charge is 0.468 e. The van der Waals surface area contributed by atoms with Gasteiger partial charge in [-0.05, 0) is 17.7 Å². The lowest BCUT2D eigenvalue weighted by atomic mass is 10.1. The summed E-state index contributed by atoms with van der Waals surface area (Å²) in [6.45, 7) is -0.0292. The van der Waals surface area contributed by atoms with E-state index in [1.54, 1.807) is 23.1 Å². The van der Waals surface area contributed by atoms with Gasteiger partial charge in [0.05, 0.1) is 29.8 Å². The molecule has 6 nitrogen and oxygen atoms in total. The Hall–Kier alpha value is -2.68. The number of amides is 2. The Kier molecular flexibility index (Phi) is 5.64. The van der Waals surface area contributed by atoms with Gasteiger partial charge in [-0.25, -0.2) is 0 Å². The predicted octanol–water partition coefficient (Wildman–Crippen LogP) is 3.63. The number of para-hydroxylation sites is 1. The molecule has 4 rings (SSSR count). The van der Waals surface area contributed by atoms with Gasteiger partial charge in [-0.2, -0.15) is 0 Å². The minimum atomic E-state index is -0.587. The van der Waals surface area contributed by atoms with Crippen LogP contribution < -0.4 is 4.90 Å². The Bertz CT molecular complexity index is 1130. The zero-order chi connectivity index (χ0) is 21.4. The first-order chi connectivity index (χ1) is 14.4. The molecule has 0 spiro atoms. The van der Waals surface area contributed by atoms with E-state index in [1.807, 2.05) is 30.3 Å². The summed E-state index contributed by atoms with van der Waals surface area (Å²) >= 11 is 12.6. The van der Waals surface area contributed by atoms with E-state index in [0.29, 0.717) is 16.3 Å². The zero-order valence-electron chi connectivity index (χ0n) is 15.8. The van der Waals surface area contributed by atoms with Crippen molar-refractivity contribution in [2.24, 2.45) is 0 Å². The van der Waals surface area contributed by atoms with Crippen LogP contribution in [0.1, 0.15) is 11.1 Å². The third kappa shape index (κ3) is 3.51. The number of ether oxygens (including phenoxy) is 1. The third-order valence-electron chi connectivity index (χ3n) is 4.80. The number of hydrogen-bond acceptors (Lipinski definition) is 6. The Morgan fingerprint density at radius 1 is 1.07 bits per heavy atom. The molecule has 0 unspecified atom stereocenters. The quantitative estimate of drug-likeness (QED) is 0.396. The minimum Gasteiger partial charge on any atom is -0.468 e. The van der Waals surface area contributed by atoms with Crippen LogP contribution in [0.4, 0.5) is 5.69 Å². The maximum Gasteiger partial charge on any atom is 0.325 e. The Balaban J connectivity index is 1.76. The van der Waals surface area contributed by atoms with Crippen LogP contribution >= 0.6 is 35.6 Å². The number of esters is 1. The lowest BCUT2D eigenvalue weighted by Crippen LogP contribution is -2.34. The molecule has 2 aromatic rings. The highest BCUT2D eigenvalue weighted by Gasteiger charge is 2.42. The highest BCUT2D eigenvalue weighted by Crippen LogP contribution is 2.45. The van der Waals surface area contributed by atoms with Crippen molar-refractivity contribution in [2.45, 2.75) is 6.54 Å². The zero-order valence-corrected chi connectivity index (χ0v) is 18.1. The summed E-state index contributed by atoms with van der Waals surface area (Å²) in [7, 11) is 1.24. The maximum absolute atomic E-state index is 13.4. The van der Waals surface area contributed by atoms with Crippen molar-refractivity contribution in [1.29, 1.82) is 0 Å². The lowest BCUT2D eigenvalue weighted by Gasteiger charge is -2.18. The van der Waals surface area contributed by atoms with Gasteiger partial charge in [0.2, 0.25) is 0 Å². The molecule has 0 aromatic heterocycles. The van der Waals surface area contributed by atoms with Gasteiger partial charge in [0.1, 0.15) is 10.9 Å². The van der Waals surface area contributed by atoms with Crippen LogP contribution in [-0.4, -0.2) is 40.7 Å². The standard InChI is InChI=1S/C21H15ClN2O4S2/c1-28-16(25)11-24-20(27)18(30-21(24)29)17-13-7-3-5-9-15(13)23(19(17)26)10-12-6-2-4-8-14(12)22/h2-9H,10-11H2,1H3/b18-17-. The molecule has 0 saturated carbocycles. The molecule has 0 atom stereocenters. The summed E-state index contributed by atoms with van der Waals surface area (Å²) in [6.07, 6.45) is 0. The van der Waals surface area contributed by atoms with E-state index >= 15 is 0 Å². The highest BCUT2D eigenvalue weighted by atomic mass is 35.5. The van der Waals surface area contributed by atoms with Crippen LogP contribution in [0.5, 0.6) is 0 Å². The topological polar surface area (TPSA) is 66.9 Å². The molecule has 30 heavy (non-hydrogen) atoms. The van der Waals surface area contributed by atoms with E-state index in [2.05, 4.69) is 4.74 Å². The molecule has 1 fully saturated rings. The molecular weight excluding hydrogens is 444 g/mol. The first-order valence-electron chi connectivity index (χ1n) is 8.91. The van der Waals surface area contributed by atoms with Gasteiger partial charge in [-0.15, -0.1) is 0 Å². The molecule has 0 aliphatic carbocycles. The summed E-state index contributed by atoms with van der Waals surface area (Å²) in [4.78, 5) is 41.0. The second kappa shape index (κ2) is 8.22. The van der Waals surface area contributed by atoms with Crippen molar-refractivity contribution in [3.05, 3.63) is 69.6 Å². The monoisotopic (exact) mass is 458 g/mol. The van der Waals surface area contributed by atoms with Crippen LogP contribution in [0, 0.1) is 0 Å². The van der Waals surface area contributed by atoms with Gasteiger partial charge >= 0.3 is 5.97 Å². The van der Waals surface area contributed by atoms with E-state index in [0.717, 1.165) is 22.2 Å². The fourth-order valence-electron chi connectivity index (χ4n) is 3.33. The summed E-state index contributed by atoms with van der Waals surface area (Å²) in [5, 5.41) is 0.556. The average Bonchev–Trinajstić information content (AvgIpc) is 3.17. The number of anilines is 1. The number of carbonyl (C=O) groups is 3. The summed E-state index contributed by atoms with van der Waals surface area (Å²) in [5.74, 6) is -1.38. The number of carbonyl (C=O) groups excluding carboxylic acids is 3. The normalized spacial score (nSPS) is 18.3. The number of fused-ring (bicyclic) bond motifs is 1. The predicted molar refractivity (Wildman–Crippen MR) is 120 cm³/mol. The van der Waals surface area contributed by atoms with Crippen molar-refractivity contribution in [3.63, 3.8) is 0 Å². The number of benzene rings is 2. The molecule has 152 valence electrons. The second-order valence-corrected chi connectivity index (χ2v) is 8.59. The van der Waals surface area contributed by atoms with Gasteiger partial charge in [-0.1, -0.05) is 72.0 Å². The second-order valence-electron chi connectivity index (χ2n) is 6.54. The van der Waals surface area contributed by atoms with Gasteiger partial charge < -0.3 is 9.64 Å². The molecule has 0 radical (unpaired) electrons.